The smallest absolute Gasteiger partial charge is 0.142 e. The van der Waals surface area contributed by atoms with Gasteiger partial charge in [-0.05, 0) is 25.0 Å². The van der Waals surface area contributed by atoms with Crippen molar-refractivity contribution in [1.29, 1.82) is 5.26 Å². The van der Waals surface area contributed by atoms with Crippen molar-refractivity contribution in [2.45, 2.75) is 18.3 Å². The molecular formula is C11H9ClFNO. The van der Waals surface area contributed by atoms with E-state index in [1.807, 2.05) is 0 Å². The molecule has 2 nitrogen and oxygen atoms in total. The molecule has 1 fully saturated rings. The van der Waals surface area contributed by atoms with E-state index in [9.17, 15) is 4.39 Å². The fourth-order valence-corrected chi connectivity index (χ4v) is 1.97. The van der Waals surface area contributed by atoms with Gasteiger partial charge < -0.3 is 4.74 Å². The first-order valence-electron chi connectivity index (χ1n) is 4.58. The first-order valence-corrected chi connectivity index (χ1v) is 4.95. The average molecular weight is 226 g/mol. The van der Waals surface area contributed by atoms with Gasteiger partial charge in [-0.15, -0.1) is 0 Å². The molecule has 1 aromatic rings. The molecule has 78 valence electrons. The minimum atomic E-state index is -0.586. The molecule has 0 aliphatic heterocycles. The number of ether oxygens (including phenoxy) is 1. The summed E-state index contributed by atoms with van der Waals surface area (Å²) in [5.74, 6) is -0.0190. The van der Waals surface area contributed by atoms with Crippen LogP contribution in [0.25, 0.3) is 0 Å². The van der Waals surface area contributed by atoms with Gasteiger partial charge in [0.1, 0.15) is 11.6 Å². The summed E-state index contributed by atoms with van der Waals surface area (Å²) in [5.41, 5.74) is -0.0191. The van der Waals surface area contributed by atoms with Crippen LogP contribution in [0.1, 0.15) is 18.4 Å². The van der Waals surface area contributed by atoms with Gasteiger partial charge in [0.25, 0.3) is 0 Å². The van der Waals surface area contributed by atoms with Gasteiger partial charge in [-0.2, -0.15) is 5.26 Å². The zero-order valence-corrected chi connectivity index (χ0v) is 8.94. The molecule has 1 saturated carbocycles. The highest BCUT2D eigenvalue weighted by molar-refractivity contribution is 6.32. The number of hydrogen-bond donors (Lipinski definition) is 0. The second-order valence-corrected chi connectivity index (χ2v) is 4.07. The Balaban J connectivity index is 2.60. The maximum absolute atomic E-state index is 13.2. The van der Waals surface area contributed by atoms with Crippen LogP contribution in [0.5, 0.6) is 5.75 Å². The lowest BCUT2D eigenvalue weighted by Crippen LogP contribution is -2.06. The van der Waals surface area contributed by atoms with Crippen molar-refractivity contribution >= 4 is 11.6 Å². The van der Waals surface area contributed by atoms with Crippen molar-refractivity contribution in [2.24, 2.45) is 0 Å². The molecule has 0 unspecified atom stereocenters. The molecule has 1 aliphatic carbocycles. The fourth-order valence-electron chi connectivity index (χ4n) is 1.69. The second kappa shape index (κ2) is 3.39. The van der Waals surface area contributed by atoms with E-state index in [0.717, 1.165) is 12.8 Å². The van der Waals surface area contributed by atoms with Crippen molar-refractivity contribution in [3.63, 3.8) is 0 Å². The van der Waals surface area contributed by atoms with Crippen LogP contribution in [-0.2, 0) is 5.41 Å². The SMILES string of the molecule is COc1c(Cl)cc(F)cc1C1(C#N)CC1. The van der Waals surface area contributed by atoms with E-state index in [1.165, 1.54) is 19.2 Å². The molecule has 0 atom stereocenters. The van der Waals surface area contributed by atoms with Gasteiger partial charge >= 0.3 is 0 Å². The molecule has 0 radical (unpaired) electrons. The molecular weight excluding hydrogens is 217 g/mol. The summed E-state index contributed by atoms with van der Waals surface area (Å²) in [6.07, 6.45) is 1.47. The molecule has 1 aliphatic rings. The van der Waals surface area contributed by atoms with Crippen LogP contribution in [0.15, 0.2) is 12.1 Å². The van der Waals surface area contributed by atoms with Crippen molar-refractivity contribution < 1.29 is 9.13 Å². The quantitative estimate of drug-likeness (QED) is 0.775. The number of hydrogen-bond acceptors (Lipinski definition) is 2. The minimum absolute atomic E-state index is 0.217. The van der Waals surface area contributed by atoms with Crippen molar-refractivity contribution in [2.75, 3.05) is 7.11 Å². The lowest BCUT2D eigenvalue weighted by Gasteiger charge is -2.13. The van der Waals surface area contributed by atoms with Crippen LogP contribution in [0.3, 0.4) is 0 Å². The summed E-state index contributed by atoms with van der Waals surface area (Å²) in [4.78, 5) is 0. The molecule has 4 heteroatoms. The Bertz CT molecular complexity index is 449. The Hall–Kier alpha value is -1.27. The van der Waals surface area contributed by atoms with Crippen LogP contribution >= 0.6 is 11.6 Å². The highest BCUT2D eigenvalue weighted by Gasteiger charge is 2.47. The van der Waals surface area contributed by atoms with Crippen molar-refractivity contribution in [3.05, 3.63) is 28.5 Å². The summed E-state index contributed by atoms with van der Waals surface area (Å²) in [6.45, 7) is 0. The van der Waals surface area contributed by atoms with Gasteiger partial charge in [-0.25, -0.2) is 4.39 Å². The lowest BCUT2D eigenvalue weighted by molar-refractivity contribution is 0.406. The van der Waals surface area contributed by atoms with Crippen molar-refractivity contribution in [3.8, 4) is 11.8 Å². The third-order valence-corrected chi connectivity index (χ3v) is 2.97. The van der Waals surface area contributed by atoms with Crippen molar-refractivity contribution in [1.82, 2.24) is 0 Å². The number of methoxy groups -OCH3 is 1. The fraction of sp³-hybridized carbons (Fsp3) is 0.364. The van der Waals surface area contributed by atoms with E-state index in [4.69, 9.17) is 21.6 Å². The third-order valence-electron chi connectivity index (χ3n) is 2.69. The monoisotopic (exact) mass is 225 g/mol. The summed E-state index contributed by atoms with van der Waals surface area (Å²) in [5, 5.41) is 9.26. The van der Waals surface area contributed by atoms with E-state index < -0.39 is 11.2 Å². The van der Waals surface area contributed by atoms with Gasteiger partial charge in [0.2, 0.25) is 0 Å². The maximum atomic E-state index is 13.2. The number of nitrogens with zero attached hydrogens (tertiary/aromatic N) is 1. The molecule has 0 bridgehead atoms. The molecule has 0 saturated heterocycles. The van der Waals surface area contributed by atoms with E-state index in [1.54, 1.807) is 0 Å². The van der Waals surface area contributed by atoms with Crippen LogP contribution in [0.4, 0.5) is 4.39 Å². The van der Waals surface area contributed by atoms with E-state index >= 15 is 0 Å². The maximum Gasteiger partial charge on any atom is 0.142 e. The van der Waals surface area contributed by atoms with Crippen LogP contribution < -0.4 is 4.74 Å². The molecule has 0 aromatic heterocycles. The molecule has 0 amide bonds. The third kappa shape index (κ3) is 1.55. The predicted octanol–water partition coefficient (Wildman–Crippen LogP) is 3.04. The highest BCUT2D eigenvalue weighted by atomic mass is 35.5. The molecule has 2 rings (SSSR count). The zero-order chi connectivity index (χ0) is 11.1. The molecule has 15 heavy (non-hydrogen) atoms. The Labute approximate surface area is 92.2 Å². The Kier molecular flexibility index (Phi) is 2.32. The van der Waals surface area contributed by atoms with Gasteiger partial charge in [-0.3, -0.25) is 0 Å². The standard InChI is InChI=1S/C11H9ClFNO/c1-15-10-8(11(6-14)2-3-11)4-7(13)5-9(10)12/h4-5H,2-3H2,1H3. The lowest BCUT2D eigenvalue weighted by atomic mass is 9.96. The van der Waals surface area contributed by atoms with E-state index in [2.05, 4.69) is 6.07 Å². The Morgan fingerprint density at radius 2 is 2.20 bits per heavy atom. The Morgan fingerprint density at radius 3 is 2.67 bits per heavy atom. The number of benzene rings is 1. The van der Waals surface area contributed by atoms with Crippen LogP contribution in [0.2, 0.25) is 5.02 Å². The van der Waals surface area contributed by atoms with Gasteiger partial charge in [0.05, 0.1) is 23.6 Å². The normalized spacial score (nSPS) is 16.9. The summed E-state index contributed by atoms with van der Waals surface area (Å²) in [6, 6.07) is 4.72. The molecule has 1 aromatic carbocycles. The van der Waals surface area contributed by atoms with Crippen LogP contribution in [0, 0.1) is 17.1 Å². The minimum Gasteiger partial charge on any atom is -0.495 e. The topological polar surface area (TPSA) is 33.0 Å². The summed E-state index contributed by atoms with van der Waals surface area (Å²) >= 11 is 5.85. The highest BCUT2D eigenvalue weighted by Crippen LogP contribution is 2.52. The first kappa shape index (κ1) is 10.3. The Morgan fingerprint density at radius 1 is 1.53 bits per heavy atom. The molecule has 0 heterocycles. The predicted molar refractivity (Wildman–Crippen MR) is 54.5 cm³/mol. The van der Waals surface area contributed by atoms with Gasteiger partial charge in [-0.1, -0.05) is 11.6 Å². The molecule has 0 N–H and O–H groups in total. The first-order chi connectivity index (χ1) is 7.13. The summed E-state index contributed by atoms with van der Waals surface area (Å²) < 4.78 is 18.3. The second-order valence-electron chi connectivity index (χ2n) is 3.66. The van der Waals surface area contributed by atoms with Crippen LogP contribution in [-0.4, -0.2) is 7.11 Å². The number of nitriles is 1. The summed E-state index contributed by atoms with van der Waals surface area (Å²) in [7, 11) is 1.47. The number of rotatable bonds is 2. The zero-order valence-electron chi connectivity index (χ0n) is 8.18. The van der Waals surface area contributed by atoms with E-state index in [0.29, 0.717) is 11.3 Å². The number of halogens is 2. The molecule has 0 spiro atoms. The van der Waals surface area contributed by atoms with Gasteiger partial charge in [0, 0.05) is 5.56 Å². The van der Waals surface area contributed by atoms with Gasteiger partial charge in [0.15, 0.2) is 0 Å². The largest absolute Gasteiger partial charge is 0.495 e. The average Bonchev–Trinajstić information content (AvgIpc) is 2.97. The van der Waals surface area contributed by atoms with E-state index in [-0.39, 0.29) is 5.02 Å².